The number of ether oxygens (including phenoxy) is 1. The van der Waals surface area contributed by atoms with Crippen LogP contribution in [0.2, 0.25) is 0 Å². The fraction of sp³-hybridized carbons (Fsp3) is 0.643. The van der Waals surface area contributed by atoms with Crippen LogP contribution in [0.5, 0.6) is 0 Å². The molecule has 7 heteroatoms. The summed E-state index contributed by atoms with van der Waals surface area (Å²) < 4.78 is 5.56. The summed E-state index contributed by atoms with van der Waals surface area (Å²) in [6.45, 7) is 9.46. The summed E-state index contributed by atoms with van der Waals surface area (Å²) in [5, 5.41) is 14.2. The zero-order chi connectivity index (χ0) is 15.1. The van der Waals surface area contributed by atoms with Crippen molar-refractivity contribution in [1.82, 2.24) is 20.2 Å². The molecule has 7 nitrogen and oxygen atoms in total. The molecule has 0 bridgehead atoms. The van der Waals surface area contributed by atoms with Crippen molar-refractivity contribution in [1.29, 1.82) is 0 Å². The first-order valence-electron chi connectivity index (χ1n) is 7.47. The average molecular weight is 292 g/mol. The zero-order valence-electron chi connectivity index (χ0n) is 12.9. The highest BCUT2D eigenvalue weighted by atomic mass is 16.5. The summed E-state index contributed by atoms with van der Waals surface area (Å²) in [7, 11) is 0. The average Bonchev–Trinajstić information content (AvgIpc) is 2.91. The third kappa shape index (κ3) is 4.56. The minimum atomic E-state index is 0.577. The minimum absolute atomic E-state index is 0.577. The molecule has 0 saturated carbocycles. The Kier molecular flexibility index (Phi) is 5.74. The van der Waals surface area contributed by atoms with Crippen LogP contribution in [0.3, 0.4) is 0 Å². The molecule has 2 aromatic rings. The maximum Gasteiger partial charge on any atom is 0.226 e. The number of H-pyrrole nitrogens is 1. The van der Waals surface area contributed by atoms with Gasteiger partial charge in [-0.05, 0) is 19.3 Å². The third-order valence-corrected chi connectivity index (χ3v) is 2.85. The van der Waals surface area contributed by atoms with Crippen molar-refractivity contribution in [2.75, 3.05) is 36.9 Å². The van der Waals surface area contributed by atoms with Crippen LogP contribution < -0.4 is 10.6 Å². The van der Waals surface area contributed by atoms with Crippen molar-refractivity contribution < 1.29 is 4.74 Å². The van der Waals surface area contributed by atoms with E-state index in [1.165, 1.54) is 0 Å². The van der Waals surface area contributed by atoms with Gasteiger partial charge in [-0.25, -0.2) is 0 Å². The molecule has 0 aliphatic carbocycles. The second-order valence-electron chi connectivity index (χ2n) is 5.31. The minimum Gasteiger partial charge on any atom is -0.381 e. The van der Waals surface area contributed by atoms with Crippen LogP contribution in [0, 0.1) is 5.92 Å². The molecular formula is C14H24N6O. The van der Waals surface area contributed by atoms with Gasteiger partial charge in [-0.1, -0.05) is 13.8 Å². The molecule has 0 radical (unpaired) electrons. The van der Waals surface area contributed by atoms with Gasteiger partial charge in [0.1, 0.15) is 5.82 Å². The van der Waals surface area contributed by atoms with E-state index in [4.69, 9.17) is 4.74 Å². The lowest BCUT2D eigenvalue weighted by Gasteiger charge is -2.10. The van der Waals surface area contributed by atoms with Crippen LogP contribution in [0.4, 0.5) is 11.8 Å². The molecule has 0 spiro atoms. The van der Waals surface area contributed by atoms with Gasteiger partial charge in [-0.2, -0.15) is 15.1 Å². The lowest BCUT2D eigenvalue weighted by molar-refractivity contribution is 0.110. The fourth-order valence-corrected chi connectivity index (χ4v) is 1.91. The van der Waals surface area contributed by atoms with Gasteiger partial charge in [0.2, 0.25) is 5.95 Å². The number of hydrogen-bond donors (Lipinski definition) is 3. The SMILES string of the molecule is CCNc1nc(NCCCOCC(C)C)c2cn[nH]c2n1. The van der Waals surface area contributed by atoms with Crippen LogP contribution in [0.15, 0.2) is 6.20 Å². The van der Waals surface area contributed by atoms with Crippen molar-refractivity contribution >= 4 is 22.8 Å². The molecule has 2 aromatic heterocycles. The molecule has 2 rings (SSSR count). The highest BCUT2D eigenvalue weighted by Gasteiger charge is 2.08. The van der Waals surface area contributed by atoms with Gasteiger partial charge >= 0.3 is 0 Å². The Bertz CT molecular complexity index is 553. The summed E-state index contributed by atoms with van der Waals surface area (Å²) in [6.07, 6.45) is 2.68. The summed E-state index contributed by atoms with van der Waals surface area (Å²) in [5.74, 6) is 1.98. The summed E-state index contributed by atoms with van der Waals surface area (Å²) in [4.78, 5) is 8.83. The van der Waals surface area contributed by atoms with Gasteiger partial charge in [0, 0.05) is 26.3 Å². The van der Waals surface area contributed by atoms with Crippen LogP contribution in [0.1, 0.15) is 27.2 Å². The van der Waals surface area contributed by atoms with Gasteiger partial charge < -0.3 is 15.4 Å². The number of fused-ring (bicyclic) bond motifs is 1. The van der Waals surface area contributed by atoms with Gasteiger partial charge in [-0.15, -0.1) is 0 Å². The molecule has 21 heavy (non-hydrogen) atoms. The number of aromatic nitrogens is 4. The Hall–Kier alpha value is -1.89. The normalized spacial score (nSPS) is 11.2. The van der Waals surface area contributed by atoms with E-state index in [9.17, 15) is 0 Å². The van der Waals surface area contributed by atoms with Gasteiger partial charge in [0.05, 0.1) is 11.6 Å². The second-order valence-corrected chi connectivity index (χ2v) is 5.31. The molecule has 0 fully saturated rings. The molecule has 2 heterocycles. The molecule has 0 aliphatic rings. The van der Waals surface area contributed by atoms with Gasteiger partial charge in [0.15, 0.2) is 5.65 Å². The van der Waals surface area contributed by atoms with E-state index in [2.05, 4.69) is 44.6 Å². The van der Waals surface area contributed by atoms with Crippen molar-refractivity contribution in [3.63, 3.8) is 0 Å². The van der Waals surface area contributed by atoms with E-state index in [1.807, 2.05) is 6.92 Å². The van der Waals surface area contributed by atoms with Crippen molar-refractivity contribution in [3.8, 4) is 0 Å². The summed E-state index contributed by atoms with van der Waals surface area (Å²) >= 11 is 0. The fourth-order valence-electron chi connectivity index (χ4n) is 1.91. The predicted molar refractivity (Wildman–Crippen MR) is 84.6 cm³/mol. The third-order valence-electron chi connectivity index (χ3n) is 2.85. The first-order valence-corrected chi connectivity index (χ1v) is 7.47. The quantitative estimate of drug-likeness (QED) is 0.614. The molecule has 3 N–H and O–H groups in total. The molecule has 0 unspecified atom stereocenters. The number of aromatic amines is 1. The number of nitrogens with one attached hydrogen (secondary N) is 3. The number of rotatable bonds is 9. The standard InChI is InChI=1S/C14H24N6O/c1-4-15-14-18-12(11-8-17-20-13(11)19-14)16-6-5-7-21-9-10(2)3/h8,10H,4-7,9H2,1-3H3,(H3,15,16,17,18,19,20). The van der Waals surface area contributed by atoms with Crippen molar-refractivity contribution in [2.45, 2.75) is 27.2 Å². The maximum atomic E-state index is 5.56. The Labute approximate surface area is 124 Å². The molecule has 0 atom stereocenters. The van der Waals surface area contributed by atoms with Gasteiger partial charge in [-0.3, -0.25) is 5.10 Å². The number of nitrogens with zero attached hydrogens (tertiary/aromatic N) is 3. The first-order chi connectivity index (χ1) is 10.2. The van der Waals surface area contributed by atoms with Crippen LogP contribution in [-0.2, 0) is 4.74 Å². The van der Waals surface area contributed by atoms with Crippen molar-refractivity contribution in [2.24, 2.45) is 5.92 Å². The molecule has 0 amide bonds. The molecule has 0 aliphatic heterocycles. The lowest BCUT2D eigenvalue weighted by Crippen LogP contribution is -2.11. The van der Waals surface area contributed by atoms with Crippen LogP contribution >= 0.6 is 0 Å². The smallest absolute Gasteiger partial charge is 0.226 e. The topological polar surface area (TPSA) is 87.8 Å². The van der Waals surface area contributed by atoms with Gasteiger partial charge in [0.25, 0.3) is 0 Å². The molecule has 0 saturated heterocycles. The predicted octanol–water partition coefficient (Wildman–Crippen LogP) is 2.26. The Morgan fingerprint density at radius 2 is 2.14 bits per heavy atom. The Morgan fingerprint density at radius 1 is 1.29 bits per heavy atom. The van der Waals surface area contributed by atoms with E-state index in [0.29, 0.717) is 11.9 Å². The highest BCUT2D eigenvalue weighted by Crippen LogP contribution is 2.19. The summed E-state index contributed by atoms with van der Waals surface area (Å²) in [6, 6.07) is 0. The van der Waals surface area contributed by atoms with Crippen molar-refractivity contribution in [3.05, 3.63) is 6.20 Å². The zero-order valence-corrected chi connectivity index (χ0v) is 12.9. The monoisotopic (exact) mass is 292 g/mol. The largest absolute Gasteiger partial charge is 0.381 e. The van der Waals surface area contributed by atoms with Crippen LogP contribution in [-0.4, -0.2) is 46.5 Å². The number of hydrogen-bond acceptors (Lipinski definition) is 6. The van der Waals surface area contributed by atoms with E-state index in [-0.39, 0.29) is 0 Å². The highest BCUT2D eigenvalue weighted by molar-refractivity contribution is 5.86. The van der Waals surface area contributed by atoms with Crippen LogP contribution in [0.25, 0.3) is 11.0 Å². The van der Waals surface area contributed by atoms with E-state index in [1.54, 1.807) is 6.20 Å². The van der Waals surface area contributed by atoms with E-state index in [0.717, 1.165) is 49.6 Å². The first kappa shape index (κ1) is 15.5. The molecular weight excluding hydrogens is 268 g/mol. The summed E-state index contributed by atoms with van der Waals surface area (Å²) in [5.41, 5.74) is 0.736. The molecule has 0 aromatic carbocycles. The van der Waals surface area contributed by atoms with E-state index < -0.39 is 0 Å². The second kappa shape index (κ2) is 7.78. The maximum absolute atomic E-state index is 5.56. The molecule has 116 valence electrons. The number of anilines is 2. The lowest BCUT2D eigenvalue weighted by atomic mass is 10.2. The Morgan fingerprint density at radius 3 is 2.90 bits per heavy atom. The Balaban J connectivity index is 1.89. The van der Waals surface area contributed by atoms with E-state index >= 15 is 0 Å².